The van der Waals surface area contributed by atoms with Crippen molar-refractivity contribution in [2.24, 2.45) is 15.4 Å². The van der Waals surface area contributed by atoms with Gasteiger partial charge in [0.15, 0.2) is 0 Å². The predicted octanol–water partition coefficient (Wildman–Crippen LogP) is 1.79. The van der Waals surface area contributed by atoms with Gasteiger partial charge in [0.2, 0.25) is 60.1 Å². The number of halogens is 6. The lowest BCUT2D eigenvalue weighted by atomic mass is 10.3. The number of nitrogens with two attached hydrogens (primary N) is 3. The third-order valence-electron chi connectivity index (χ3n) is 8.71. The number of nitrogens with one attached hydrogen (secondary N) is 3. The maximum Gasteiger partial charge on any atom is 0.246 e. The molecule has 0 radical (unpaired) electrons. The van der Waals surface area contributed by atoms with Gasteiger partial charge in [-0.25, -0.2) is 65.9 Å². The third kappa shape index (κ3) is 10.1. The number of sulfonamides is 6. The number of rotatable bonds is 6. The molecule has 33 heteroatoms. The molecule has 9 N–H and O–H groups in total. The van der Waals surface area contributed by atoms with E-state index in [-0.39, 0.29) is 64.5 Å². The Morgan fingerprint density at radius 2 is 0.683 bits per heavy atom. The fourth-order valence-corrected chi connectivity index (χ4v) is 14.3. The molecular formula is C27H33Cl6N9O12S6. The molecular weight excluding hydrogens is 1050 g/mol. The predicted molar refractivity (Wildman–Crippen MR) is 228 cm³/mol. The third-order valence-corrected chi connectivity index (χ3v) is 19.4. The minimum absolute atomic E-state index is 0.0176. The van der Waals surface area contributed by atoms with E-state index >= 15 is 0 Å². The summed E-state index contributed by atoms with van der Waals surface area (Å²) >= 11 is 34.6. The molecule has 3 aliphatic heterocycles. The summed E-state index contributed by atoms with van der Waals surface area (Å²) in [4.78, 5) is -1.97. The van der Waals surface area contributed by atoms with Gasteiger partial charge in [0.25, 0.3) is 0 Å². The molecule has 0 amide bonds. The summed E-state index contributed by atoms with van der Waals surface area (Å²) in [5, 5.41) is 23.1. The second kappa shape index (κ2) is 18.0. The molecule has 0 saturated heterocycles. The van der Waals surface area contributed by atoms with Crippen LogP contribution in [0.3, 0.4) is 0 Å². The quantitative estimate of drug-likeness (QED) is 0.192. The van der Waals surface area contributed by atoms with Crippen LogP contribution < -0.4 is 31.4 Å². The molecule has 6 rings (SSSR count). The fraction of sp³-hybridized carbons (Fsp3) is 0.333. The highest BCUT2D eigenvalue weighted by atomic mass is 35.5. The summed E-state index contributed by atoms with van der Waals surface area (Å²) < 4.78 is 145. The minimum Gasteiger partial charge on any atom is -0.367 e. The fourth-order valence-electron chi connectivity index (χ4n) is 5.42. The Balaban J connectivity index is 0.000000198. The van der Waals surface area contributed by atoms with Gasteiger partial charge in [-0.2, -0.15) is 12.9 Å². The van der Waals surface area contributed by atoms with E-state index in [1.165, 1.54) is 39.3 Å². The van der Waals surface area contributed by atoms with Crippen molar-refractivity contribution in [1.29, 1.82) is 0 Å². The van der Waals surface area contributed by atoms with E-state index in [0.29, 0.717) is 0 Å². The van der Waals surface area contributed by atoms with Crippen molar-refractivity contribution in [1.82, 2.24) is 12.9 Å². The van der Waals surface area contributed by atoms with Crippen LogP contribution in [0, 0.1) is 0 Å². The highest BCUT2D eigenvalue weighted by molar-refractivity contribution is 7.91. The number of hydrogen-bond donors (Lipinski definition) is 6. The monoisotopic (exact) mass is 1080 g/mol. The SMILES string of the molecule is CN1C(CCl)Nc2cc(Cl)c(S(N)(=O)=O)cc2S1(=O)=O.CN1C(CCl)Nc2cc(Cl)c(S(N)(=O)=O)cc2S1(=O)=O.CN1C(CCl)Nc2cc(Cl)c(S(N)(=O)=O)cc2S1(=O)=O. The first-order valence-corrected chi connectivity index (χ1v) is 27.5. The molecule has 3 aliphatic rings. The van der Waals surface area contributed by atoms with Crippen molar-refractivity contribution in [2.75, 3.05) is 54.7 Å². The lowest BCUT2D eigenvalue weighted by Gasteiger charge is -2.33. The molecule has 0 saturated carbocycles. The first kappa shape index (κ1) is 50.9. The smallest absolute Gasteiger partial charge is 0.246 e. The maximum atomic E-state index is 12.3. The molecule has 3 unspecified atom stereocenters. The summed E-state index contributed by atoms with van der Waals surface area (Å²) in [6.45, 7) is 0. The molecule has 3 aromatic carbocycles. The molecule has 3 heterocycles. The van der Waals surface area contributed by atoms with E-state index in [0.717, 1.165) is 31.1 Å². The van der Waals surface area contributed by atoms with Gasteiger partial charge < -0.3 is 16.0 Å². The van der Waals surface area contributed by atoms with E-state index in [2.05, 4.69) is 16.0 Å². The standard InChI is InChI=1S/3C9H11Cl2N3O4S2/c3*1-14-9(4-10)13-6-2-5(11)7(19(12,15)16)3-8(6)20(14,17)18/h3*2-3,9,13H,4H2,1H3,(H2,12,15,16). The number of anilines is 3. The zero-order chi connectivity index (χ0) is 45.9. The van der Waals surface area contributed by atoms with Gasteiger partial charge in [0, 0.05) is 21.1 Å². The van der Waals surface area contributed by atoms with Crippen LogP contribution in [0.2, 0.25) is 15.1 Å². The van der Waals surface area contributed by atoms with Crippen molar-refractivity contribution < 1.29 is 50.5 Å². The number of primary sulfonamides is 3. The van der Waals surface area contributed by atoms with Gasteiger partial charge in [0.05, 0.1) is 49.8 Å². The van der Waals surface area contributed by atoms with Crippen molar-refractivity contribution in [3.8, 4) is 0 Å². The van der Waals surface area contributed by atoms with Gasteiger partial charge in [-0.3, -0.25) is 0 Å². The first-order chi connectivity index (χ1) is 27.3. The van der Waals surface area contributed by atoms with Crippen LogP contribution >= 0.6 is 69.6 Å². The number of nitrogens with zero attached hydrogens (tertiary/aromatic N) is 3. The van der Waals surface area contributed by atoms with Crippen LogP contribution in [0.1, 0.15) is 0 Å². The van der Waals surface area contributed by atoms with Crippen LogP contribution in [-0.4, -0.2) is 121 Å². The normalized spacial score (nSPS) is 22.1. The van der Waals surface area contributed by atoms with E-state index in [1.54, 1.807) is 0 Å². The molecule has 0 aliphatic carbocycles. The van der Waals surface area contributed by atoms with E-state index in [4.69, 9.17) is 85.0 Å². The molecule has 3 atom stereocenters. The Bertz CT molecular complexity index is 2600. The van der Waals surface area contributed by atoms with E-state index in [9.17, 15) is 50.5 Å². The first-order valence-electron chi connectivity index (χ1n) is 15.8. The Kier molecular flexibility index (Phi) is 15.3. The van der Waals surface area contributed by atoms with Crippen LogP contribution in [-0.2, 0) is 60.1 Å². The van der Waals surface area contributed by atoms with E-state index in [1.807, 2.05) is 0 Å². The molecule has 0 bridgehead atoms. The number of hydrogen-bond acceptors (Lipinski definition) is 15. The summed E-state index contributed by atoms with van der Waals surface area (Å²) in [6.07, 6.45) is -1.94. The summed E-state index contributed by atoms with van der Waals surface area (Å²) in [7, 11) is -20.0. The Labute approximate surface area is 376 Å². The number of benzene rings is 3. The Morgan fingerprint density at radius 1 is 0.483 bits per heavy atom. The lowest BCUT2D eigenvalue weighted by molar-refractivity contribution is 0.411. The van der Waals surface area contributed by atoms with Crippen molar-refractivity contribution in [3.63, 3.8) is 0 Å². The topological polar surface area (TPSA) is 329 Å². The van der Waals surface area contributed by atoms with E-state index < -0.39 is 93.3 Å². The Morgan fingerprint density at radius 3 is 0.850 bits per heavy atom. The molecule has 0 aromatic heterocycles. The van der Waals surface area contributed by atoms with Gasteiger partial charge in [-0.1, -0.05) is 34.8 Å². The maximum absolute atomic E-state index is 12.3. The van der Waals surface area contributed by atoms with Crippen LogP contribution in [0.15, 0.2) is 65.8 Å². The lowest BCUT2D eigenvalue weighted by Crippen LogP contribution is -2.47. The molecule has 3 aromatic rings. The van der Waals surface area contributed by atoms with Gasteiger partial charge >= 0.3 is 0 Å². The van der Waals surface area contributed by atoms with Crippen molar-refractivity contribution in [3.05, 3.63) is 51.5 Å². The summed E-state index contributed by atoms with van der Waals surface area (Å²) in [5.74, 6) is 0.0528. The number of alkyl halides is 3. The number of fused-ring (bicyclic) bond motifs is 3. The highest BCUT2D eigenvalue weighted by Crippen LogP contribution is 2.39. The molecule has 60 heavy (non-hydrogen) atoms. The zero-order valence-electron chi connectivity index (χ0n) is 30.5. The van der Waals surface area contributed by atoms with Crippen LogP contribution in [0.25, 0.3) is 0 Å². The van der Waals surface area contributed by atoms with Crippen molar-refractivity contribution in [2.45, 2.75) is 47.9 Å². The second-order valence-corrected chi connectivity index (χ2v) is 25.1. The molecule has 336 valence electrons. The average Bonchev–Trinajstić information content (AvgIpc) is 3.11. The summed E-state index contributed by atoms with van der Waals surface area (Å²) in [5.41, 5.74) is 0.559. The highest BCUT2D eigenvalue weighted by Gasteiger charge is 2.39. The molecule has 21 nitrogen and oxygen atoms in total. The van der Waals surface area contributed by atoms with Gasteiger partial charge in [-0.05, 0) is 36.4 Å². The average molecular weight is 1080 g/mol. The molecule has 0 spiro atoms. The second-order valence-electron chi connectivity index (χ2n) is 12.5. The minimum atomic E-state index is -4.12. The van der Waals surface area contributed by atoms with Gasteiger partial charge in [0.1, 0.15) is 47.9 Å². The van der Waals surface area contributed by atoms with Crippen LogP contribution in [0.4, 0.5) is 17.1 Å². The summed E-state index contributed by atoms with van der Waals surface area (Å²) in [6, 6.07) is 6.45. The largest absolute Gasteiger partial charge is 0.367 e. The zero-order valence-corrected chi connectivity index (χ0v) is 39.9. The van der Waals surface area contributed by atoms with Crippen LogP contribution in [0.5, 0.6) is 0 Å². The molecule has 0 fully saturated rings. The Hall–Kier alpha value is -1.74. The van der Waals surface area contributed by atoms with Crippen molar-refractivity contribution >= 4 is 147 Å². The van der Waals surface area contributed by atoms with Gasteiger partial charge in [-0.15, -0.1) is 34.8 Å².